The van der Waals surface area contributed by atoms with Gasteiger partial charge in [0.1, 0.15) is 11.5 Å². The number of carbonyl (C=O) groups is 1. The van der Waals surface area contributed by atoms with Gasteiger partial charge in [-0.2, -0.15) is 0 Å². The fourth-order valence-electron chi connectivity index (χ4n) is 10.9. The van der Waals surface area contributed by atoms with Crippen molar-refractivity contribution in [2.75, 3.05) is 6.54 Å². The van der Waals surface area contributed by atoms with Crippen LogP contribution >= 0.6 is 0 Å². The molecular weight excluding hydrogens is 542 g/mol. The Morgan fingerprint density at radius 2 is 1.77 bits per heavy atom. The molecule has 8 atom stereocenters. The van der Waals surface area contributed by atoms with Crippen molar-refractivity contribution in [2.45, 2.75) is 109 Å². The number of nitrogens with zero attached hydrogens (tertiary/aromatic N) is 1. The van der Waals surface area contributed by atoms with Gasteiger partial charge in [0.15, 0.2) is 5.78 Å². The van der Waals surface area contributed by atoms with Gasteiger partial charge in [-0.15, -0.1) is 0 Å². The summed E-state index contributed by atoms with van der Waals surface area (Å²) >= 11 is 0. The molecule has 0 N–H and O–H groups in total. The summed E-state index contributed by atoms with van der Waals surface area (Å²) in [6, 6.07) is 19.2. The van der Waals surface area contributed by atoms with E-state index in [9.17, 15) is 4.79 Å². The summed E-state index contributed by atoms with van der Waals surface area (Å²) in [7, 11) is 0. The SMILES string of the molecule is CC1=C2C[C@H]3[C@@H](CCC4=CC(=O)CCC43C)[C@@H]2CCC2(C1)OC1CCCN(Cc3ccc(Oc4ccccc4)cc3)[C@H]1[C@H]2C. The van der Waals surface area contributed by atoms with Gasteiger partial charge >= 0.3 is 0 Å². The standard InChI is InChI=1S/C40H49NO3/c1-26-24-40(20-18-33-34-16-13-29-22-30(42)17-19-39(29,3)36(34)23-35(26)33)27(2)38-37(44-40)10-7-21-41(38)25-28-11-14-32(15-12-28)43-31-8-5-4-6-9-31/h4-6,8-9,11-12,14-15,22,27,33-34,36-38H,7,10,13,16-21,23-25H2,1-3H3/t27-,33+,34+,36+,37?,38+,39?,40?/m1/s1. The van der Waals surface area contributed by atoms with Gasteiger partial charge in [0.2, 0.25) is 0 Å². The molecule has 4 fully saturated rings. The fraction of sp³-hybridized carbons (Fsp3) is 0.575. The van der Waals surface area contributed by atoms with Crippen LogP contribution in [-0.2, 0) is 16.1 Å². The number of carbonyl (C=O) groups excluding carboxylic acids is 1. The van der Waals surface area contributed by atoms with Crippen molar-refractivity contribution < 1.29 is 14.3 Å². The van der Waals surface area contributed by atoms with E-state index < -0.39 is 0 Å². The molecular formula is C40H49NO3. The van der Waals surface area contributed by atoms with Gasteiger partial charge in [-0.1, -0.05) is 60.9 Å². The lowest BCUT2D eigenvalue weighted by atomic mass is 9.56. The van der Waals surface area contributed by atoms with Crippen LogP contribution in [0.2, 0.25) is 0 Å². The average Bonchev–Trinajstić information content (AvgIpc) is 3.50. The van der Waals surface area contributed by atoms with Crippen LogP contribution in [0.15, 0.2) is 77.4 Å². The van der Waals surface area contributed by atoms with E-state index in [2.05, 4.69) is 49.9 Å². The molecule has 2 aromatic rings. The molecule has 0 aromatic heterocycles. The molecule has 4 aliphatic carbocycles. The number of ketones is 1. The van der Waals surface area contributed by atoms with Crippen molar-refractivity contribution >= 4 is 5.78 Å². The molecule has 3 unspecified atom stereocenters. The van der Waals surface area contributed by atoms with Crippen LogP contribution in [-0.4, -0.2) is 35.0 Å². The number of rotatable bonds is 4. The van der Waals surface area contributed by atoms with Gasteiger partial charge in [0, 0.05) is 24.9 Å². The molecule has 4 heteroatoms. The number of benzene rings is 2. The van der Waals surface area contributed by atoms with E-state index >= 15 is 0 Å². The van der Waals surface area contributed by atoms with Gasteiger partial charge in [-0.3, -0.25) is 9.69 Å². The van der Waals surface area contributed by atoms with Crippen LogP contribution in [0, 0.1) is 29.1 Å². The minimum atomic E-state index is -0.0386. The maximum Gasteiger partial charge on any atom is 0.155 e. The Morgan fingerprint density at radius 1 is 0.977 bits per heavy atom. The van der Waals surface area contributed by atoms with Crippen molar-refractivity contribution in [3.63, 3.8) is 0 Å². The predicted molar refractivity (Wildman–Crippen MR) is 174 cm³/mol. The number of allylic oxidation sites excluding steroid dienone is 3. The first-order valence-corrected chi connectivity index (χ1v) is 17.5. The Hall–Kier alpha value is -2.69. The van der Waals surface area contributed by atoms with E-state index in [0.29, 0.717) is 35.7 Å². The molecule has 0 bridgehead atoms. The summed E-state index contributed by atoms with van der Waals surface area (Å²) in [5, 5.41) is 0. The third kappa shape index (κ3) is 4.74. The monoisotopic (exact) mass is 591 g/mol. The van der Waals surface area contributed by atoms with Crippen LogP contribution in [0.5, 0.6) is 11.5 Å². The van der Waals surface area contributed by atoms with Crippen molar-refractivity contribution in [1.82, 2.24) is 4.90 Å². The van der Waals surface area contributed by atoms with Crippen LogP contribution in [0.25, 0.3) is 0 Å². The highest BCUT2D eigenvalue weighted by Gasteiger charge is 2.59. The molecule has 2 aromatic carbocycles. The van der Waals surface area contributed by atoms with Crippen LogP contribution in [0.3, 0.4) is 0 Å². The van der Waals surface area contributed by atoms with E-state index in [1.807, 2.05) is 36.4 Å². The molecule has 44 heavy (non-hydrogen) atoms. The first-order chi connectivity index (χ1) is 21.3. The Labute approximate surface area is 263 Å². The largest absolute Gasteiger partial charge is 0.457 e. The predicted octanol–water partition coefficient (Wildman–Crippen LogP) is 9.06. The second-order valence-corrected chi connectivity index (χ2v) is 15.4. The lowest BCUT2D eigenvalue weighted by Gasteiger charge is -2.48. The number of piperidine rings is 1. The third-order valence-electron chi connectivity index (χ3n) is 13.2. The van der Waals surface area contributed by atoms with Crippen molar-refractivity contribution in [1.29, 1.82) is 0 Å². The number of fused-ring (bicyclic) bond motifs is 6. The number of hydrogen-bond donors (Lipinski definition) is 0. The molecule has 232 valence electrons. The molecule has 0 radical (unpaired) electrons. The third-order valence-corrected chi connectivity index (χ3v) is 13.2. The number of ether oxygens (including phenoxy) is 2. The summed E-state index contributed by atoms with van der Waals surface area (Å²) in [6.45, 7) is 9.58. The van der Waals surface area contributed by atoms with Gasteiger partial charge in [0.05, 0.1) is 11.7 Å². The maximum absolute atomic E-state index is 12.3. The molecule has 2 aliphatic heterocycles. The molecule has 2 saturated heterocycles. The van der Waals surface area contributed by atoms with E-state index in [1.165, 1.54) is 49.7 Å². The average molecular weight is 592 g/mol. The Morgan fingerprint density at radius 3 is 2.59 bits per heavy atom. The zero-order chi connectivity index (χ0) is 30.1. The van der Waals surface area contributed by atoms with E-state index in [0.717, 1.165) is 56.2 Å². The van der Waals surface area contributed by atoms with Crippen molar-refractivity contribution in [3.8, 4) is 11.5 Å². The molecule has 0 amide bonds. The van der Waals surface area contributed by atoms with Crippen LogP contribution in [0.1, 0.15) is 90.5 Å². The second kappa shape index (κ2) is 11.0. The summed E-state index contributed by atoms with van der Waals surface area (Å²) in [5.41, 5.74) is 6.42. The molecule has 4 nitrogen and oxygen atoms in total. The number of likely N-dealkylation sites (tertiary alicyclic amines) is 1. The molecule has 2 saturated carbocycles. The smallest absolute Gasteiger partial charge is 0.155 e. The van der Waals surface area contributed by atoms with Gasteiger partial charge in [-0.05, 0) is 130 Å². The first-order valence-electron chi connectivity index (χ1n) is 17.5. The quantitative estimate of drug-likeness (QED) is 0.333. The normalized spacial score (nSPS) is 38.4. The molecule has 6 aliphatic rings. The van der Waals surface area contributed by atoms with Crippen molar-refractivity contribution in [3.05, 3.63) is 83.0 Å². The fourth-order valence-corrected chi connectivity index (χ4v) is 10.9. The molecule has 2 heterocycles. The van der Waals surface area contributed by atoms with E-state index in [4.69, 9.17) is 9.47 Å². The highest BCUT2D eigenvalue weighted by atomic mass is 16.5. The van der Waals surface area contributed by atoms with Crippen LogP contribution < -0.4 is 4.74 Å². The molecule has 8 rings (SSSR count). The summed E-state index contributed by atoms with van der Waals surface area (Å²) in [4.78, 5) is 15.0. The summed E-state index contributed by atoms with van der Waals surface area (Å²) in [6.07, 6.45) is 13.8. The van der Waals surface area contributed by atoms with E-state index in [-0.39, 0.29) is 11.0 Å². The second-order valence-electron chi connectivity index (χ2n) is 15.4. The van der Waals surface area contributed by atoms with Gasteiger partial charge in [0.25, 0.3) is 0 Å². The first kappa shape index (κ1) is 28.8. The Balaban J connectivity index is 0.993. The molecule has 1 spiro atoms. The Bertz CT molecular complexity index is 1480. The highest BCUT2D eigenvalue weighted by Crippen LogP contribution is 2.64. The zero-order valence-electron chi connectivity index (χ0n) is 26.9. The topological polar surface area (TPSA) is 38.8 Å². The summed E-state index contributed by atoms with van der Waals surface area (Å²) in [5.74, 6) is 4.83. The maximum atomic E-state index is 12.3. The minimum Gasteiger partial charge on any atom is -0.457 e. The van der Waals surface area contributed by atoms with Gasteiger partial charge in [-0.25, -0.2) is 0 Å². The highest BCUT2D eigenvalue weighted by molar-refractivity contribution is 5.91. The van der Waals surface area contributed by atoms with Crippen LogP contribution in [0.4, 0.5) is 0 Å². The number of hydrogen-bond acceptors (Lipinski definition) is 4. The van der Waals surface area contributed by atoms with E-state index in [1.54, 1.807) is 11.1 Å². The zero-order valence-corrected chi connectivity index (χ0v) is 26.9. The number of para-hydroxylation sites is 1. The lowest BCUT2D eigenvalue weighted by molar-refractivity contribution is -0.116. The van der Waals surface area contributed by atoms with Crippen molar-refractivity contribution in [2.24, 2.45) is 29.1 Å². The van der Waals surface area contributed by atoms with Gasteiger partial charge < -0.3 is 9.47 Å². The summed E-state index contributed by atoms with van der Waals surface area (Å²) < 4.78 is 13.3. The lowest BCUT2D eigenvalue weighted by Crippen LogP contribution is -2.49. The minimum absolute atomic E-state index is 0.0386. The Kier molecular flexibility index (Phi) is 7.18.